The van der Waals surface area contributed by atoms with E-state index in [1.165, 1.54) is 31.4 Å². The van der Waals surface area contributed by atoms with Crippen molar-refractivity contribution in [2.45, 2.75) is 13.3 Å². The Labute approximate surface area is 117 Å². The Bertz CT molecular complexity index is 665. The summed E-state index contributed by atoms with van der Waals surface area (Å²) in [6.45, 7) is 1.57. The number of esters is 1. The number of carbonyl (C=O) groups is 1. The lowest BCUT2D eigenvalue weighted by atomic mass is 10.2. The minimum absolute atomic E-state index is 0.00862. The zero-order chi connectivity index (χ0) is 15.6. The molecule has 1 heterocycles. The molecular formula is C13H11F3N2O3. The summed E-state index contributed by atoms with van der Waals surface area (Å²) < 4.78 is 45.6. The number of rotatable bonds is 3. The topological polar surface area (TPSA) is 64.2 Å². The van der Waals surface area contributed by atoms with E-state index in [1.807, 2.05) is 0 Å². The van der Waals surface area contributed by atoms with E-state index < -0.39 is 18.1 Å². The fourth-order valence-electron chi connectivity index (χ4n) is 1.76. The van der Waals surface area contributed by atoms with Gasteiger partial charge in [-0.3, -0.25) is 0 Å². The third kappa shape index (κ3) is 3.33. The first-order valence-electron chi connectivity index (χ1n) is 5.82. The average molecular weight is 300 g/mol. The van der Waals surface area contributed by atoms with E-state index in [4.69, 9.17) is 0 Å². The number of hydrogen-bond acceptors (Lipinski definition) is 4. The van der Waals surface area contributed by atoms with E-state index in [9.17, 15) is 18.0 Å². The molecule has 0 spiro atoms. The molecule has 0 unspecified atom stereocenters. The minimum atomic E-state index is -4.82. The number of benzene rings is 1. The number of nitrogens with one attached hydrogen (secondary N) is 1. The molecule has 2 aromatic rings. The lowest BCUT2D eigenvalue weighted by Crippen LogP contribution is -2.17. The molecule has 0 radical (unpaired) electrons. The predicted octanol–water partition coefficient (Wildman–Crippen LogP) is 3.07. The van der Waals surface area contributed by atoms with Gasteiger partial charge >= 0.3 is 12.3 Å². The van der Waals surface area contributed by atoms with Crippen molar-refractivity contribution in [3.63, 3.8) is 0 Å². The van der Waals surface area contributed by atoms with Crippen LogP contribution in [0.2, 0.25) is 0 Å². The highest BCUT2D eigenvalue weighted by Gasteiger charge is 2.32. The van der Waals surface area contributed by atoms with Gasteiger partial charge in [-0.05, 0) is 19.1 Å². The molecule has 5 nitrogen and oxygen atoms in total. The molecule has 0 saturated heterocycles. The molecule has 1 aromatic carbocycles. The summed E-state index contributed by atoms with van der Waals surface area (Å²) in [6.07, 6.45) is -4.82. The van der Waals surface area contributed by atoms with E-state index in [2.05, 4.69) is 19.4 Å². The molecule has 0 atom stereocenters. The SMILES string of the molecule is COC(=O)c1nc(-c2ccccc2OC(F)(F)F)[nH]c1C. The Balaban J connectivity index is 2.45. The van der Waals surface area contributed by atoms with Crippen LogP contribution in [0.15, 0.2) is 24.3 Å². The van der Waals surface area contributed by atoms with Gasteiger partial charge in [0.25, 0.3) is 0 Å². The first kappa shape index (κ1) is 14.9. The van der Waals surface area contributed by atoms with Gasteiger partial charge in [0.2, 0.25) is 0 Å². The van der Waals surface area contributed by atoms with Gasteiger partial charge < -0.3 is 14.5 Å². The number of alkyl halides is 3. The quantitative estimate of drug-likeness (QED) is 0.885. The van der Waals surface area contributed by atoms with Crippen LogP contribution < -0.4 is 4.74 Å². The number of nitrogens with zero attached hydrogens (tertiary/aromatic N) is 1. The first-order chi connectivity index (χ1) is 9.81. The van der Waals surface area contributed by atoms with Crippen LogP contribution in [0.4, 0.5) is 13.2 Å². The molecule has 112 valence electrons. The van der Waals surface area contributed by atoms with Gasteiger partial charge in [0.15, 0.2) is 5.69 Å². The van der Waals surface area contributed by atoms with Gasteiger partial charge in [-0.25, -0.2) is 9.78 Å². The van der Waals surface area contributed by atoms with Crippen molar-refractivity contribution in [1.82, 2.24) is 9.97 Å². The maximum absolute atomic E-state index is 12.4. The van der Waals surface area contributed by atoms with Crippen LogP contribution in [0.3, 0.4) is 0 Å². The highest BCUT2D eigenvalue weighted by atomic mass is 19.4. The molecule has 0 aliphatic carbocycles. The van der Waals surface area contributed by atoms with Gasteiger partial charge in [0.05, 0.1) is 12.7 Å². The van der Waals surface area contributed by atoms with Gasteiger partial charge in [-0.2, -0.15) is 0 Å². The molecule has 8 heteroatoms. The van der Waals surface area contributed by atoms with Crippen molar-refractivity contribution in [2.24, 2.45) is 0 Å². The summed E-state index contributed by atoms with van der Waals surface area (Å²) in [7, 11) is 1.19. The fraction of sp³-hybridized carbons (Fsp3) is 0.231. The Morgan fingerprint density at radius 2 is 1.95 bits per heavy atom. The zero-order valence-electron chi connectivity index (χ0n) is 11.1. The number of imidazole rings is 1. The average Bonchev–Trinajstić information content (AvgIpc) is 2.78. The van der Waals surface area contributed by atoms with Gasteiger partial charge in [-0.1, -0.05) is 12.1 Å². The number of aromatic amines is 1. The van der Waals surface area contributed by atoms with E-state index in [-0.39, 0.29) is 17.1 Å². The summed E-state index contributed by atoms with van der Waals surface area (Å²) >= 11 is 0. The molecule has 0 aliphatic rings. The number of H-pyrrole nitrogens is 1. The molecule has 0 amide bonds. The van der Waals surface area contributed by atoms with Crippen molar-refractivity contribution >= 4 is 5.97 Å². The van der Waals surface area contributed by atoms with Gasteiger partial charge in [0.1, 0.15) is 11.6 Å². The molecule has 0 fully saturated rings. The highest BCUT2D eigenvalue weighted by Crippen LogP contribution is 2.32. The van der Waals surface area contributed by atoms with Crippen molar-refractivity contribution in [1.29, 1.82) is 0 Å². The summed E-state index contributed by atoms with van der Waals surface area (Å²) in [5.41, 5.74) is 0.487. The number of hydrogen-bond donors (Lipinski definition) is 1. The number of aryl methyl sites for hydroxylation is 1. The summed E-state index contributed by atoms with van der Waals surface area (Å²) in [6, 6.07) is 5.51. The molecular weight excluding hydrogens is 289 g/mol. The van der Waals surface area contributed by atoms with Crippen molar-refractivity contribution in [3.05, 3.63) is 35.7 Å². The predicted molar refractivity (Wildman–Crippen MR) is 66.8 cm³/mol. The highest BCUT2D eigenvalue weighted by molar-refractivity contribution is 5.89. The van der Waals surface area contributed by atoms with Crippen molar-refractivity contribution in [2.75, 3.05) is 7.11 Å². The molecule has 1 aromatic heterocycles. The summed E-state index contributed by atoms with van der Waals surface area (Å²) in [5, 5.41) is 0. The molecule has 21 heavy (non-hydrogen) atoms. The number of aromatic nitrogens is 2. The van der Waals surface area contributed by atoms with E-state index in [0.29, 0.717) is 5.69 Å². The van der Waals surface area contributed by atoms with Crippen LogP contribution in [0.25, 0.3) is 11.4 Å². The molecule has 0 aliphatic heterocycles. The Kier molecular flexibility index (Phi) is 3.88. The van der Waals surface area contributed by atoms with Crippen LogP contribution in [0.5, 0.6) is 5.75 Å². The second-order valence-electron chi connectivity index (χ2n) is 4.09. The maximum atomic E-state index is 12.4. The van der Waals surface area contributed by atoms with Crippen molar-refractivity contribution < 1.29 is 27.4 Å². The third-order valence-corrected chi connectivity index (χ3v) is 2.63. The van der Waals surface area contributed by atoms with Crippen LogP contribution in [0, 0.1) is 6.92 Å². The summed E-state index contributed by atoms with van der Waals surface area (Å²) in [4.78, 5) is 18.2. The Morgan fingerprint density at radius 1 is 1.29 bits per heavy atom. The summed E-state index contributed by atoms with van der Waals surface area (Å²) in [5.74, 6) is -0.993. The number of carbonyl (C=O) groups excluding carboxylic acids is 1. The number of methoxy groups -OCH3 is 1. The van der Waals surface area contributed by atoms with E-state index in [1.54, 1.807) is 6.92 Å². The zero-order valence-corrected chi connectivity index (χ0v) is 11.1. The molecule has 0 saturated carbocycles. The van der Waals surface area contributed by atoms with Crippen LogP contribution in [-0.2, 0) is 4.74 Å². The number of halogens is 3. The lowest BCUT2D eigenvalue weighted by Gasteiger charge is -2.11. The van der Waals surface area contributed by atoms with E-state index in [0.717, 1.165) is 0 Å². The second-order valence-corrected chi connectivity index (χ2v) is 4.09. The van der Waals surface area contributed by atoms with Crippen LogP contribution in [0.1, 0.15) is 16.2 Å². The number of ether oxygens (including phenoxy) is 2. The standard InChI is InChI=1S/C13H11F3N2O3/c1-7-10(12(19)20-2)18-11(17-7)8-5-3-4-6-9(8)21-13(14,15)16/h3-6H,1-2H3,(H,17,18). The Hall–Kier alpha value is -2.51. The van der Waals surface area contributed by atoms with Crippen LogP contribution >= 0.6 is 0 Å². The lowest BCUT2D eigenvalue weighted by molar-refractivity contribution is -0.274. The fourth-order valence-corrected chi connectivity index (χ4v) is 1.76. The largest absolute Gasteiger partial charge is 0.573 e. The smallest absolute Gasteiger partial charge is 0.464 e. The molecule has 2 rings (SSSR count). The Morgan fingerprint density at radius 3 is 2.57 bits per heavy atom. The van der Waals surface area contributed by atoms with Crippen molar-refractivity contribution in [3.8, 4) is 17.1 Å². The van der Waals surface area contributed by atoms with Gasteiger partial charge in [0, 0.05) is 5.69 Å². The third-order valence-electron chi connectivity index (χ3n) is 2.63. The normalized spacial score (nSPS) is 11.3. The first-order valence-corrected chi connectivity index (χ1v) is 5.82. The number of para-hydroxylation sites is 1. The monoisotopic (exact) mass is 300 g/mol. The molecule has 0 bridgehead atoms. The van der Waals surface area contributed by atoms with Gasteiger partial charge in [-0.15, -0.1) is 13.2 Å². The molecule has 1 N–H and O–H groups in total. The van der Waals surface area contributed by atoms with Crippen LogP contribution in [-0.4, -0.2) is 29.4 Å². The minimum Gasteiger partial charge on any atom is -0.464 e. The van der Waals surface area contributed by atoms with E-state index >= 15 is 0 Å². The second kappa shape index (κ2) is 5.47. The maximum Gasteiger partial charge on any atom is 0.573 e.